The average Bonchev–Trinajstić information content (AvgIpc) is 3.10. The minimum Gasteiger partial charge on any atom is -0.490 e. The summed E-state index contributed by atoms with van der Waals surface area (Å²) in [4.78, 5) is 17.1. The Morgan fingerprint density at radius 2 is 2.03 bits per heavy atom. The van der Waals surface area contributed by atoms with Crippen LogP contribution >= 0.6 is 0 Å². The first-order valence-corrected chi connectivity index (χ1v) is 11.0. The van der Waals surface area contributed by atoms with Crippen LogP contribution in [0.15, 0.2) is 60.9 Å². The molecule has 0 bridgehead atoms. The molecule has 2 aliphatic carbocycles. The molecule has 7 heteroatoms. The third kappa shape index (κ3) is 3.28. The van der Waals surface area contributed by atoms with E-state index in [9.17, 15) is 9.18 Å². The molecule has 2 fully saturated rings. The van der Waals surface area contributed by atoms with E-state index in [4.69, 9.17) is 4.74 Å². The van der Waals surface area contributed by atoms with Crippen molar-refractivity contribution in [3.8, 4) is 5.75 Å². The molecule has 2 aliphatic rings. The molecule has 3 aromatic heterocycles. The fraction of sp³-hybridized carbons (Fsp3) is 0.320. The van der Waals surface area contributed by atoms with Crippen molar-refractivity contribution in [2.75, 3.05) is 5.32 Å². The molecule has 1 N–H and O–H groups in total. The standard InChI is InChI=1S/C25H23FN4O2/c1-14(25(31)28-23-11-16-4-2-3-9-30(16)29-23)24-18-12-17(13-19(18)24)32-22-7-8-27-21-6-5-15(26)10-20(21)22/h2-11,14,17-19,24H,12-13H2,1H3,(H,28,29,31)/t14?,17-,18-,19+,24+. The quantitative estimate of drug-likeness (QED) is 0.498. The van der Waals surface area contributed by atoms with E-state index in [1.807, 2.05) is 37.4 Å². The van der Waals surface area contributed by atoms with Crippen LogP contribution in [0, 0.1) is 29.5 Å². The predicted octanol–water partition coefficient (Wildman–Crippen LogP) is 4.70. The van der Waals surface area contributed by atoms with Crippen LogP contribution in [0.1, 0.15) is 19.8 Å². The molecule has 0 radical (unpaired) electrons. The number of hydrogen-bond acceptors (Lipinski definition) is 4. The van der Waals surface area contributed by atoms with Gasteiger partial charge >= 0.3 is 0 Å². The zero-order valence-electron chi connectivity index (χ0n) is 17.6. The number of carbonyl (C=O) groups is 1. The Balaban J connectivity index is 1.08. The lowest BCUT2D eigenvalue weighted by Gasteiger charge is -2.20. The molecule has 32 heavy (non-hydrogen) atoms. The van der Waals surface area contributed by atoms with E-state index >= 15 is 0 Å². The molecular formula is C25H23FN4O2. The van der Waals surface area contributed by atoms with Gasteiger partial charge in [0.1, 0.15) is 11.6 Å². The third-order valence-corrected chi connectivity index (χ3v) is 7.04. The van der Waals surface area contributed by atoms with Crippen LogP contribution in [0.3, 0.4) is 0 Å². The third-order valence-electron chi connectivity index (χ3n) is 7.04. The maximum absolute atomic E-state index is 13.7. The highest BCUT2D eigenvalue weighted by molar-refractivity contribution is 5.92. The van der Waals surface area contributed by atoms with E-state index in [1.165, 1.54) is 12.1 Å². The molecule has 3 heterocycles. The Bertz CT molecular complexity index is 1290. The molecule has 4 aromatic rings. The Labute approximate surface area is 184 Å². The maximum atomic E-state index is 13.7. The van der Waals surface area contributed by atoms with Crippen LogP contribution in [0.4, 0.5) is 10.2 Å². The molecule has 5 atom stereocenters. The lowest BCUT2D eigenvalue weighted by molar-refractivity contribution is -0.120. The molecule has 1 amide bonds. The predicted molar refractivity (Wildman–Crippen MR) is 119 cm³/mol. The van der Waals surface area contributed by atoms with Gasteiger partial charge in [-0.05, 0) is 67.0 Å². The van der Waals surface area contributed by atoms with Gasteiger partial charge in [0.15, 0.2) is 5.82 Å². The Hall–Kier alpha value is -3.48. The number of ether oxygens (including phenoxy) is 1. The van der Waals surface area contributed by atoms with Gasteiger partial charge in [0.25, 0.3) is 0 Å². The molecular weight excluding hydrogens is 407 g/mol. The number of anilines is 1. The van der Waals surface area contributed by atoms with Crippen LogP contribution in [0.25, 0.3) is 16.4 Å². The van der Waals surface area contributed by atoms with Crippen LogP contribution < -0.4 is 10.1 Å². The van der Waals surface area contributed by atoms with Gasteiger partial charge in [-0.25, -0.2) is 8.91 Å². The highest BCUT2D eigenvalue weighted by atomic mass is 19.1. The zero-order valence-corrected chi connectivity index (χ0v) is 17.6. The van der Waals surface area contributed by atoms with Crippen molar-refractivity contribution >= 4 is 28.1 Å². The number of hydrogen-bond donors (Lipinski definition) is 1. The normalized spacial score (nSPS) is 24.9. The Morgan fingerprint density at radius 1 is 1.19 bits per heavy atom. The van der Waals surface area contributed by atoms with Gasteiger partial charge in [0.05, 0.1) is 17.1 Å². The lowest BCUT2D eigenvalue weighted by atomic mass is 9.97. The van der Waals surface area contributed by atoms with Crippen molar-refractivity contribution in [3.05, 3.63) is 66.7 Å². The minimum absolute atomic E-state index is 0.0147. The zero-order chi connectivity index (χ0) is 21.8. The van der Waals surface area contributed by atoms with Gasteiger partial charge in [-0.15, -0.1) is 0 Å². The first-order valence-electron chi connectivity index (χ1n) is 11.0. The fourth-order valence-electron chi connectivity index (χ4n) is 5.47. The van der Waals surface area contributed by atoms with Crippen LogP contribution in [0.5, 0.6) is 5.75 Å². The van der Waals surface area contributed by atoms with Gasteiger partial charge in [0, 0.05) is 29.8 Å². The number of nitrogens with one attached hydrogen (secondary N) is 1. The average molecular weight is 430 g/mol. The first kappa shape index (κ1) is 19.2. The second-order valence-electron chi connectivity index (χ2n) is 8.96. The van der Waals surface area contributed by atoms with E-state index in [0.717, 1.165) is 23.9 Å². The van der Waals surface area contributed by atoms with Crippen LogP contribution in [0.2, 0.25) is 0 Å². The van der Waals surface area contributed by atoms with Gasteiger partial charge < -0.3 is 10.1 Å². The van der Waals surface area contributed by atoms with E-state index in [2.05, 4.69) is 15.4 Å². The van der Waals surface area contributed by atoms with E-state index in [1.54, 1.807) is 22.8 Å². The number of nitrogens with zero attached hydrogens (tertiary/aromatic N) is 3. The van der Waals surface area contributed by atoms with Gasteiger partial charge in [-0.3, -0.25) is 9.78 Å². The summed E-state index contributed by atoms with van der Waals surface area (Å²) < 4.78 is 21.7. The number of benzene rings is 1. The van der Waals surface area contributed by atoms with Gasteiger partial charge in [0.2, 0.25) is 5.91 Å². The van der Waals surface area contributed by atoms with E-state index < -0.39 is 0 Å². The second-order valence-corrected chi connectivity index (χ2v) is 8.96. The molecule has 0 saturated heterocycles. The number of fused-ring (bicyclic) bond motifs is 3. The number of carbonyl (C=O) groups excluding carboxylic acids is 1. The number of pyridine rings is 2. The highest BCUT2D eigenvalue weighted by Crippen LogP contribution is 2.61. The summed E-state index contributed by atoms with van der Waals surface area (Å²) in [5, 5.41) is 8.08. The smallest absolute Gasteiger partial charge is 0.228 e. The highest BCUT2D eigenvalue weighted by Gasteiger charge is 2.59. The molecule has 1 aromatic carbocycles. The van der Waals surface area contributed by atoms with Gasteiger partial charge in [-0.2, -0.15) is 5.10 Å². The van der Waals surface area contributed by atoms with E-state index in [0.29, 0.717) is 34.7 Å². The SMILES string of the molecule is CC(C(=O)Nc1cc2ccccn2n1)[C@H]1[C@@H]2C[C@@H](Oc3ccnc4ccc(F)cc34)C[C@@H]21. The Morgan fingerprint density at radius 3 is 2.84 bits per heavy atom. The van der Waals surface area contributed by atoms with Crippen molar-refractivity contribution in [3.63, 3.8) is 0 Å². The molecule has 2 saturated carbocycles. The minimum atomic E-state index is -0.296. The number of halogens is 1. The molecule has 0 spiro atoms. The van der Waals surface area contributed by atoms with Crippen LogP contribution in [-0.2, 0) is 4.79 Å². The molecule has 162 valence electrons. The fourth-order valence-corrected chi connectivity index (χ4v) is 5.47. The van der Waals surface area contributed by atoms with Crippen molar-refractivity contribution in [1.29, 1.82) is 0 Å². The summed E-state index contributed by atoms with van der Waals surface area (Å²) in [5.74, 6) is 2.26. The summed E-state index contributed by atoms with van der Waals surface area (Å²) in [6.45, 7) is 2.00. The molecule has 1 unspecified atom stereocenters. The van der Waals surface area contributed by atoms with Crippen LogP contribution in [-0.4, -0.2) is 26.6 Å². The van der Waals surface area contributed by atoms with Crippen molar-refractivity contribution in [1.82, 2.24) is 14.6 Å². The number of aromatic nitrogens is 3. The van der Waals surface area contributed by atoms with Crippen molar-refractivity contribution in [2.45, 2.75) is 25.9 Å². The number of amides is 1. The Kier molecular flexibility index (Phi) is 4.38. The summed E-state index contributed by atoms with van der Waals surface area (Å²) in [6, 6.07) is 14.0. The van der Waals surface area contributed by atoms with Crippen molar-refractivity contribution < 1.29 is 13.9 Å². The van der Waals surface area contributed by atoms with Gasteiger partial charge in [-0.1, -0.05) is 13.0 Å². The molecule has 6 rings (SSSR count). The largest absolute Gasteiger partial charge is 0.490 e. The lowest BCUT2D eigenvalue weighted by Crippen LogP contribution is -2.25. The number of rotatable bonds is 5. The topological polar surface area (TPSA) is 68.5 Å². The summed E-state index contributed by atoms with van der Waals surface area (Å²) in [6.07, 6.45) is 5.48. The molecule has 6 nitrogen and oxygen atoms in total. The maximum Gasteiger partial charge on any atom is 0.228 e. The summed E-state index contributed by atoms with van der Waals surface area (Å²) in [7, 11) is 0. The molecule has 0 aliphatic heterocycles. The summed E-state index contributed by atoms with van der Waals surface area (Å²) in [5.41, 5.74) is 1.67. The monoisotopic (exact) mass is 430 g/mol. The second kappa shape index (κ2) is 7.29. The first-order chi connectivity index (χ1) is 15.6. The summed E-state index contributed by atoms with van der Waals surface area (Å²) >= 11 is 0. The van der Waals surface area contributed by atoms with E-state index in [-0.39, 0.29) is 23.7 Å². The van der Waals surface area contributed by atoms with Crippen molar-refractivity contribution in [2.24, 2.45) is 23.7 Å².